The summed E-state index contributed by atoms with van der Waals surface area (Å²) in [5.41, 5.74) is 2.07. The topological polar surface area (TPSA) is 96.5 Å². The molecule has 2 heterocycles. The zero-order chi connectivity index (χ0) is 21.8. The molecule has 8 nitrogen and oxygen atoms in total. The lowest BCUT2D eigenvalue weighted by molar-refractivity contribution is -0.117. The minimum absolute atomic E-state index is 0.0238. The number of H-pyrrole nitrogens is 1. The van der Waals surface area contributed by atoms with Crippen molar-refractivity contribution in [2.75, 3.05) is 31.0 Å². The van der Waals surface area contributed by atoms with E-state index < -0.39 is 0 Å². The first-order valence-electron chi connectivity index (χ1n) is 9.99. The molecule has 0 spiro atoms. The number of nitrogens with zero attached hydrogens (tertiary/aromatic N) is 2. The second-order valence-corrected chi connectivity index (χ2v) is 7.30. The molecule has 1 saturated heterocycles. The van der Waals surface area contributed by atoms with Crippen LogP contribution in [0.1, 0.15) is 23.6 Å². The summed E-state index contributed by atoms with van der Waals surface area (Å²) in [4.78, 5) is 33.9. The number of benzene rings is 2. The number of aromatic amines is 1. The van der Waals surface area contributed by atoms with Crippen LogP contribution in [0.4, 0.5) is 11.6 Å². The SMILES string of the molecule is COc1ccc(CNc2nc([C@@H]3CC(=O)N(c4ccccc4OC)C3)cc(=O)[nH]2)cc1. The Morgan fingerprint density at radius 3 is 2.61 bits per heavy atom. The normalized spacial score (nSPS) is 15.7. The number of carbonyl (C=O) groups excluding carboxylic acids is 1. The van der Waals surface area contributed by atoms with Crippen molar-refractivity contribution in [2.45, 2.75) is 18.9 Å². The van der Waals surface area contributed by atoms with Gasteiger partial charge in [-0.1, -0.05) is 24.3 Å². The van der Waals surface area contributed by atoms with Gasteiger partial charge in [0.05, 0.1) is 25.6 Å². The van der Waals surface area contributed by atoms with Gasteiger partial charge in [-0.3, -0.25) is 14.6 Å². The standard InChI is InChI=1S/C23H24N4O4/c1-30-17-9-7-15(8-10-17)13-24-23-25-18(12-21(28)26-23)16-11-22(29)27(14-16)19-5-3-4-6-20(19)31-2/h3-10,12,16H,11,13-14H2,1-2H3,(H2,24,25,26,28)/t16-/m1/s1. The van der Waals surface area contributed by atoms with Gasteiger partial charge in [0, 0.05) is 31.5 Å². The van der Waals surface area contributed by atoms with Gasteiger partial charge in [0.25, 0.3) is 5.56 Å². The molecule has 1 aromatic heterocycles. The fourth-order valence-corrected chi connectivity index (χ4v) is 3.69. The van der Waals surface area contributed by atoms with E-state index in [1.807, 2.05) is 48.5 Å². The van der Waals surface area contributed by atoms with Crippen LogP contribution >= 0.6 is 0 Å². The van der Waals surface area contributed by atoms with Crippen molar-refractivity contribution < 1.29 is 14.3 Å². The summed E-state index contributed by atoms with van der Waals surface area (Å²) >= 11 is 0. The molecule has 1 fully saturated rings. The number of nitrogens with one attached hydrogen (secondary N) is 2. The minimum atomic E-state index is -0.259. The van der Waals surface area contributed by atoms with Crippen LogP contribution in [-0.2, 0) is 11.3 Å². The first-order valence-corrected chi connectivity index (χ1v) is 9.99. The number of ether oxygens (including phenoxy) is 2. The molecule has 2 N–H and O–H groups in total. The van der Waals surface area contributed by atoms with Gasteiger partial charge in [0.1, 0.15) is 11.5 Å². The molecule has 1 amide bonds. The zero-order valence-corrected chi connectivity index (χ0v) is 17.4. The van der Waals surface area contributed by atoms with Crippen molar-refractivity contribution >= 4 is 17.5 Å². The van der Waals surface area contributed by atoms with Crippen LogP contribution in [0.25, 0.3) is 0 Å². The molecular formula is C23H24N4O4. The maximum absolute atomic E-state index is 12.7. The fourth-order valence-electron chi connectivity index (χ4n) is 3.69. The zero-order valence-electron chi connectivity index (χ0n) is 17.4. The highest BCUT2D eigenvalue weighted by atomic mass is 16.5. The third-order valence-corrected chi connectivity index (χ3v) is 5.30. The average molecular weight is 420 g/mol. The van der Waals surface area contributed by atoms with Crippen molar-refractivity contribution in [1.29, 1.82) is 0 Å². The summed E-state index contributed by atoms with van der Waals surface area (Å²) < 4.78 is 10.6. The molecule has 1 atom stereocenters. The Morgan fingerprint density at radius 1 is 1.10 bits per heavy atom. The second-order valence-electron chi connectivity index (χ2n) is 7.30. The Bertz CT molecular complexity index is 1130. The van der Waals surface area contributed by atoms with Crippen molar-refractivity contribution in [2.24, 2.45) is 0 Å². The lowest BCUT2D eigenvalue weighted by atomic mass is 10.0. The summed E-state index contributed by atoms with van der Waals surface area (Å²) in [5.74, 6) is 1.59. The Morgan fingerprint density at radius 2 is 1.87 bits per heavy atom. The predicted octanol–water partition coefficient (Wildman–Crippen LogP) is 2.92. The van der Waals surface area contributed by atoms with E-state index in [2.05, 4.69) is 15.3 Å². The Hall–Kier alpha value is -3.81. The molecule has 0 radical (unpaired) electrons. The number of rotatable bonds is 7. The molecule has 0 aliphatic carbocycles. The minimum Gasteiger partial charge on any atom is -0.497 e. The van der Waals surface area contributed by atoms with Crippen LogP contribution in [-0.4, -0.2) is 36.6 Å². The van der Waals surface area contributed by atoms with E-state index in [-0.39, 0.29) is 23.8 Å². The van der Waals surface area contributed by atoms with Crippen LogP contribution in [0.2, 0.25) is 0 Å². The molecule has 2 aromatic carbocycles. The molecule has 4 rings (SSSR count). The highest BCUT2D eigenvalue weighted by Crippen LogP contribution is 2.35. The largest absolute Gasteiger partial charge is 0.497 e. The maximum atomic E-state index is 12.7. The van der Waals surface area contributed by atoms with Crippen LogP contribution in [0.5, 0.6) is 11.5 Å². The molecule has 1 aliphatic heterocycles. The monoisotopic (exact) mass is 420 g/mol. The predicted molar refractivity (Wildman–Crippen MR) is 118 cm³/mol. The lowest BCUT2D eigenvalue weighted by Gasteiger charge is -2.19. The molecule has 1 aliphatic rings. The number of amides is 1. The number of methoxy groups -OCH3 is 2. The van der Waals surface area contributed by atoms with Gasteiger partial charge < -0.3 is 19.7 Å². The summed E-state index contributed by atoms with van der Waals surface area (Å²) in [5, 5.41) is 3.15. The van der Waals surface area contributed by atoms with Gasteiger partial charge in [-0.25, -0.2) is 4.98 Å². The summed E-state index contributed by atoms with van der Waals surface area (Å²) in [6.07, 6.45) is 0.284. The van der Waals surface area contributed by atoms with Gasteiger partial charge in [-0.15, -0.1) is 0 Å². The molecular weight excluding hydrogens is 396 g/mol. The smallest absolute Gasteiger partial charge is 0.252 e. The van der Waals surface area contributed by atoms with Crippen LogP contribution < -0.4 is 25.2 Å². The van der Waals surface area contributed by atoms with Gasteiger partial charge in [-0.2, -0.15) is 0 Å². The number of aromatic nitrogens is 2. The molecule has 160 valence electrons. The first-order chi connectivity index (χ1) is 15.1. The molecule has 0 saturated carbocycles. The molecule has 3 aromatic rings. The van der Waals surface area contributed by atoms with E-state index in [0.717, 1.165) is 17.0 Å². The quantitative estimate of drug-likeness (QED) is 0.610. The van der Waals surface area contributed by atoms with Crippen LogP contribution in [0.15, 0.2) is 59.4 Å². The van der Waals surface area contributed by atoms with Crippen LogP contribution in [0, 0.1) is 0 Å². The van der Waals surface area contributed by atoms with E-state index in [0.29, 0.717) is 30.5 Å². The van der Waals surface area contributed by atoms with Crippen LogP contribution in [0.3, 0.4) is 0 Å². The Kier molecular flexibility index (Phi) is 5.88. The first kappa shape index (κ1) is 20.5. The molecule has 31 heavy (non-hydrogen) atoms. The van der Waals surface area contributed by atoms with E-state index in [1.165, 1.54) is 6.07 Å². The van der Waals surface area contributed by atoms with Gasteiger partial charge >= 0.3 is 0 Å². The Labute approximate surface area is 179 Å². The number of carbonyl (C=O) groups is 1. The Balaban J connectivity index is 1.50. The average Bonchev–Trinajstić information content (AvgIpc) is 3.19. The lowest BCUT2D eigenvalue weighted by Crippen LogP contribution is -2.25. The van der Waals surface area contributed by atoms with Gasteiger partial charge in [-0.05, 0) is 29.8 Å². The number of hydrogen-bond acceptors (Lipinski definition) is 6. The van der Waals surface area contributed by atoms with E-state index >= 15 is 0 Å². The van der Waals surface area contributed by atoms with Gasteiger partial charge in [0.15, 0.2) is 0 Å². The van der Waals surface area contributed by atoms with E-state index in [9.17, 15) is 9.59 Å². The summed E-state index contributed by atoms with van der Waals surface area (Å²) in [6, 6.07) is 16.5. The number of para-hydroxylation sites is 2. The van der Waals surface area contributed by atoms with Gasteiger partial charge in [0.2, 0.25) is 11.9 Å². The second kappa shape index (κ2) is 8.91. The maximum Gasteiger partial charge on any atom is 0.252 e. The highest BCUT2D eigenvalue weighted by molar-refractivity contribution is 5.97. The van der Waals surface area contributed by atoms with E-state index in [1.54, 1.807) is 19.1 Å². The van der Waals surface area contributed by atoms with Crippen molar-refractivity contribution in [1.82, 2.24) is 9.97 Å². The third kappa shape index (κ3) is 4.53. The summed E-state index contributed by atoms with van der Waals surface area (Å²) in [6.45, 7) is 0.931. The third-order valence-electron chi connectivity index (χ3n) is 5.30. The highest BCUT2D eigenvalue weighted by Gasteiger charge is 2.34. The molecule has 8 heteroatoms. The number of anilines is 2. The van der Waals surface area contributed by atoms with Crippen molar-refractivity contribution in [3.63, 3.8) is 0 Å². The van der Waals surface area contributed by atoms with Crippen molar-refractivity contribution in [3.8, 4) is 11.5 Å². The molecule has 0 bridgehead atoms. The van der Waals surface area contributed by atoms with E-state index in [4.69, 9.17) is 9.47 Å². The fraction of sp³-hybridized carbons (Fsp3) is 0.261. The number of hydrogen-bond donors (Lipinski definition) is 2. The van der Waals surface area contributed by atoms with Crippen molar-refractivity contribution in [3.05, 3.63) is 76.2 Å². The molecule has 0 unspecified atom stereocenters. The summed E-state index contributed by atoms with van der Waals surface area (Å²) in [7, 11) is 3.20.